The van der Waals surface area contributed by atoms with Crippen LogP contribution in [0.2, 0.25) is 0 Å². The maximum atomic E-state index is 12.9. The predicted octanol–water partition coefficient (Wildman–Crippen LogP) is 4.51. The molecule has 0 bridgehead atoms. The van der Waals surface area contributed by atoms with Crippen LogP contribution in [-0.2, 0) is 11.2 Å². The summed E-state index contributed by atoms with van der Waals surface area (Å²) in [7, 11) is 0. The zero-order valence-corrected chi connectivity index (χ0v) is 13.3. The molecule has 3 nitrogen and oxygen atoms in total. The van der Waals surface area contributed by atoms with Gasteiger partial charge in [0.25, 0.3) is 0 Å². The molecule has 1 aromatic rings. The second kappa shape index (κ2) is 6.57. The van der Waals surface area contributed by atoms with Gasteiger partial charge in [0.2, 0.25) is 5.91 Å². The first-order chi connectivity index (χ1) is 11.3. The number of Topliss-reactive ketones (excluding diaryl/α,β-unsaturated/α-hetero) is 1. The van der Waals surface area contributed by atoms with Gasteiger partial charge >= 0.3 is 6.18 Å². The average molecular weight is 339 g/mol. The molecule has 3 rings (SSSR count). The summed E-state index contributed by atoms with van der Waals surface area (Å²) in [5.41, 5.74) is 2.08. The summed E-state index contributed by atoms with van der Waals surface area (Å²) < 4.78 is 38.6. The van der Waals surface area contributed by atoms with Gasteiger partial charge in [-0.1, -0.05) is 12.5 Å². The fourth-order valence-corrected chi connectivity index (χ4v) is 3.68. The molecular weight excluding hydrogens is 319 g/mol. The van der Waals surface area contributed by atoms with Gasteiger partial charge in [-0.15, -0.1) is 0 Å². The van der Waals surface area contributed by atoms with Gasteiger partial charge in [0.05, 0.1) is 5.92 Å². The van der Waals surface area contributed by atoms with E-state index in [4.69, 9.17) is 0 Å². The zero-order valence-electron chi connectivity index (χ0n) is 13.3. The van der Waals surface area contributed by atoms with Crippen molar-refractivity contribution < 1.29 is 22.8 Å². The Morgan fingerprint density at radius 3 is 2.67 bits per heavy atom. The van der Waals surface area contributed by atoms with Crippen LogP contribution in [0, 0.1) is 11.8 Å². The van der Waals surface area contributed by atoms with Gasteiger partial charge in [0, 0.05) is 23.6 Å². The first kappa shape index (κ1) is 17.0. The number of amides is 1. The van der Waals surface area contributed by atoms with Crippen molar-refractivity contribution in [1.29, 1.82) is 0 Å². The summed E-state index contributed by atoms with van der Waals surface area (Å²) in [5.74, 6) is -2.35. The number of halogens is 3. The Kier molecular flexibility index (Phi) is 4.65. The lowest BCUT2D eigenvalue weighted by Gasteiger charge is -2.29. The molecule has 0 aromatic heterocycles. The van der Waals surface area contributed by atoms with Gasteiger partial charge in [0.1, 0.15) is 0 Å². The number of fused-ring (bicyclic) bond motifs is 1. The Bertz CT molecular complexity index is 654. The molecule has 1 amide bonds. The van der Waals surface area contributed by atoms with Crippen molar-refractivity contribution in [2.24, 2.45) is 11.8 Å². The van der Waals surface area contributed by atoms with Gasteiger partial charge in [-0.3, -0.25) is 9.59 Å². The Balaban J connectivity index is 1.69. The minimum atomic E-state index is -4.24. The van der Waals surface area contributed by atoms with Crippen molar-refractivity contribution in [2.45, 2.75) is 51.1 Å². The van der Waals surface area contributed by atoms with E-state index in [2.05, 4.69) is 5.32 Å². The van der Waals surface area contributed by atoms with Crippen LogP contribution in [0.5, 0.6) is 0 Å². The molecule has 1 fully saturated rings. The molecule has 130 valence electrons. The van der Waals surface area contributed by atoms with E-state index in [0.29, 0.717) is 30.5 Å². The standard InChI is InChI=1S/C18H20F3NO2/c19-18(20,21)13-5-1-4-12(9-13)17(24)22-14-8-7-11-3-2-6-16(23)15(11)10-14/h7-8,10,12-13H,1-6,9H2,(H,22,24)/t12-,13-/m0/s1. The summed E-state index contributed by atoms with van der Waals surface area (Å²) in [5, 5.41) is 2.70. The normalized spacial score (nSPS) is 24.4. The number of benzene rings is 1. The molecule has 6 heteroatoms. The van der Waals surface area contributed by atoms with Crippen molar-refractivity contribution in [2.75, 3.05) is 5.32 Å². The third kappa shape index (κ3) is 3.62. The van der Waals surface area contributed by atoms with Crippen LogP contribution < -0.4 is 5.32 Å². The maximum absolute atomic E-state index is 12.9. The summed E-state index contributed by atoms with van der Waals surface area (Å²) in [6.07, 6.45) is -1.24. The number of ketones is 1. The van der Waals surface area contributed by atoms with E-state index in [0.717, 1.165) is 18.4 Å². The quantitative estimate of drug-likeness (QED) is 0.861. The fourth-order valence-electron chi connectivity index (χ4n) is 3.68. The van der Waals surface area contributed by atoms with Crippen LogP contribution in [-0.4, -0.2) is 17.9 Å². The molecule has 2 atom stereocenters. The van der Waals surface area contributed by atoms with Gasteiger partial charge in [0.15, 0.2) is 5.78 Å². The molecule has 2 aliphatic rings. The second-order valence-electron chi connectivity index (χ2n) is 6.74. The van der Waals surface area contributed by atoms with Crippen molar-refractivity contribution in [1.82, 2.24) is 0 Å². The van der Waals surface area contributed by atoms with Gasteiger partial charge in [-0.05, 0) is 49.8 Å². The molecule has 0 aliphatic heterocycles. The first-order valence-corrected chi connectivity index (χ1v) is 8.38. The van der Waals surface area contributed by atoms with E-state index < -0.39 is 18.0 Å². The fraction of sp³-hybridized carbons (Fsp3) is 0.556. The van der Waals surface area contributed by atoms with Crippen molar-refractivity contribution in [3.8, 4) is 0 Å². The first-order valence-electron chi connectivity index (χ1n) is 8.38. The Labute approximate surface area is 138 Å². The van der Waals surface area contributed by atoms with Gasteiger partial charge in [-0.2, -0.15) is 13.2 Å². The van der Waals surface area contributed by atoms with Gasteiger partial charge in [-0.25, -0.2) is 0 Å². The van der Waals surface area contributed by atoms with E-state index in [-0.39, 0.29) is 24.5 Å². The smallest absolute Gasteiger partial charge is 0.326 e. The summed E-state index contributed by atoms with van der Waals surface area (Å²) in [4.78, 5) is 24.3. The topological polar surface area (TPSA) is 46.2 Å². The SMILES string of the molecule is O=C1CCCc2ccc(NC(=O)[C@H]3CCC[C@H](C(F)(F)F)C3)cc21. The van der Waals surface area contributed by atoms with E-state index in [1.807, 2.05) is 6.07 Å². The summed E-state index contributed by atoms with van der Waals surface area (Å²) in [6.45, 7) is 0. The number of hydrogen-bond acceptors (Lipinski definition) is 2. The molecule has 0 spiro atoms. The number of carbonyl (C=O) groups is 2. The van der Waals surface area contributed by atoms with Crippen LogP contribution >= 0.6 is 0 Å². The van der Waals surface area contributed by atoms with E-state index >= 15 is 0 Å². The Morgan fingerprint density at radius 2 is 1.92 bits per heavy atom. The van der Waals surface area contributed by atoms with E-state index in [9.17, 15) is 22.8 Å². The third-order valence-corrected chi connectivity index (χ3v) is 5.04. The van der Waals surface area contributed by atoms with E-state index in [1.54, 1.807) is 12.1 Å². The van der Waals surface area contributed by atoms with Crippen molar-refractivity contribution in [3.63, 3.8) is 0 Å². The molecule has 0 heterocycles. The summed E-state index contributed by atoms with van der Waals surface area (Å²) >= 11 is 0. The largest absolute Gasteiger partial charge is 0.391 e. The highest BCUT2D eigenvalue weighted by molar-refractivity contribution is 6.00. The Hall–Kier alpha value is -1.85. The number of carbonyl (C=O) groups excluding carboxylic acids is 2. The molecule has 2 aliphatic carbocycles. The molecule has 1 aromatic carbocycles. The van der Waals surface area contributed by atoms with Crippen LogP contribution in [0.3, 0.4) is 0 Å². The minimum absolute atomic E-state index is 0.0575. The Morgan fingerprint density at radius 1 is 1.12 bits per heavy atom. The lowest BCUT2D eigenvalue weighted by Crippen LogP contribution is -2.34. The zero-order chi connectivity index (χ0) is 17.3. The minimum Gasteiger partial charge on any atom is -0.326 e. The summed E-state index contributed by atoms with van der Waals surface area (Å²) in [6, 6.07) is 5.19. The predicted molar refractivity (Wildman–Crippen MR) is 83.8 cm³/mol. The van der Waals surface area contributed by atoms with Crippen molar-refractivity contribution >= 4 is 17.4 Å². The molecule has 1 saturated carbocycles. The highest BCUT2D eigenvalue weighted by atomic mass is 19.4. The van der Waals surface area contributed by atoms with Gasteiger partial charge < -0.3 is 5.32 Å². The van der Waals surface area contributed by atoms with Crippen LogP contribution in [0.1, 0.15) is 54.4 Å². The monoisotopic (exact) mass is 339 g/mol. The lowest BCUT2D eigenvalue weighted by molar-refractivity contribution is -0.185. The molecular formula is C18H20F3NO2. The molecule has 0 saturated heterocycles. The highest BCUT2D eigenvalue weighted by Crippen LogP contribution is 2.40. The number of rotatable bonds is 2. The number of alkyl halides is 3. The lowest BCUT2D eigenvalue weighted by atomic mass is 9.80. The maximum Gasteiger partial charge on any atom is 0.391 e. The highest BCUT2D eigenvalue weighted by Gasteiger charge is 2.43. The number of anilines is 1. The second-order valence-corrected chi connectivity index (χ2v) is 6.74. The van der Waals surface area contributed by atoms with E-state index in [1.165, 1.54) is 0 Å². The third-order valence-electron chi connectivity index (χ3n) is 5.04. The van der Waals surface area contributed by atoms with Crippen molar-refractivity contribution in [3.05, 3.63) is 29.3 Å². The number of nitrogens with one attached hydrogen (secondary N) is 1. The van der Waals surface area contributed by atoms with Crippen LogP contribution in [0.25, 0.3) is 0 Å². The molecule has 0 unspecified atom stereocenters. The molecule has 0 radical (unpaired) electrons. The van der Waals surface area contributed by atoms with Crippen LogP contribution in [0.15, 0.2) is 18.2 Å². The molecule has 1 N–H and O–H groups in total. The molecule has 24 heavy (non-hydrogen) atoms. The van der Waals surface area contributed by atoms with Crippen LogP contribution in [0.4, 0.5) is 18.9 Å². The number of aryl methyl sites for hydroxylation is 1. The average Bonchev–Trinajstić information content (AvgIpc) is 2.55. The number of hydrogen-bond donors (Lipinski definition) is 1.